The molecule has 1 saturated carbocycles. The normalized spacial score (nSPS) is 22.2. The molecule has 1 amide bonds. The van der Waals surface area contributed by atoms with Crippen molar-refractivity contribution in [1.29, 1.82) is 0 Å². The number of benzene rings is 1. The van der Waals surface area contributed by atoms with Crippen LogP contribution in [0.2, 0.25) is 0 Å². The van der Waals surface area contributed by atoms with Gasteiger partial charge in [0.15, 0.2) is 0 Å². The van der Waals surface area contributed by atoms with E-state index >= 15 is 0 Å². The fourth-order valence-corrected chi connectivity index (χ4v) is 4.03. The van der Waals surface area contributed by atoms with E-state index in [0.717, 1.165) is 55.8 Å². The molecule has 5 heteroatoms. The Kier molecular flexibility index (Phi) is 4.17. The largest absolute Gasteiger partial charge is 0.353 e. The number of piperidine rings is 1. The van der Waals surface area contributed by atoms with E-state index in [1.807, 2.05) is 0 Å². The van der Waals surface area contributed by atoms with Gasteiger partial charge < -0.3 is 15.2 Å². The van der Waals surface area contributed by atoms with Gasteiger partial charge in [0.2, 0.25) is 11.9 Å². The second-order valence-corrected chi connectivity index (χ2v) is 7.36. The molecule has 0 bridgehead atoms. The van der Waals surface area contributed by atoms with Crippen LogP contribution in [0.1, 0.15) is 44.1 Å². The monoisotopic (exact) mass is 326 g/mol. The van der Waals surface area contributed by atoms with Crippen molar-refractivity contribution in [2.75, 3.05) is 18.0 Å². The van der Waals surface area contributed by atoms with Crippen LogP contribution in [0.3, 0.4) is 0 Å². The van der Waals surface area contributed by atoms with Crippen molar-refractivity contribution < 1.29 is 4.79 Å². The summed E-state index contributed by atoms with van der Waals surface area (Å²) in [5, 5.41) is 3.26. The summed E-state index contributed by atoms with van der Waals surface area (Å²) in [6.07, 6.45) is 6.81. The molecule has 1 unspecified atom stereocenters. The summed E-state index contributed by atoms with van der Waals surface area (Å²) in [5.41, 5.74) is 3.29. The second-order valence-electron chi connectivity index (χ2n) is 7.36. The number of amides is 1. The van der Waals surface area contributed by atoms with E-state index in [9.17, 15) is 4.79 Å². The second kappa shape index (κ2) is 6.46. The number of aromatic amines is 1. The lowest BCUT2D eigenvalue weighted by Crippen LogP contribution is -2.45. The van der Waals surface area contributed by atoms with E-state index in [2.05, 4.69) is 40.3 Å². The van der Waals surface area contributed by atoms with Crippen LogP contribution in [0.5, 0.6) is 0 Å². The number of hydrogen-bond acceptors (Lipinski definition) is 3. The van der Waals surface area contributed by atoms with E-state index in [-0.39, 0.29) is 11.8 Å². The van der Waals surface area contributed by atoms with E-state index in [0.29, 0.717) is 6.04 Å². The van der Waals surface area contributed by atoms with Crippen molar-refractivity contribution in [3.8, 4) is 0 Å². The number of carbonyl (C=O) groups excluding carboxylic acids is 1. The maximum Gasteiger partial charge on any atom is 0.225 e. The number of fused-ring (bicyclic) bond motifs is 1. The minimum Gasteiger partial charge on any atom is -0.353 e. The standard InChI is InChI=1S/C19H26N4O/c1-13-8-9-16-17(11-13)22-19(21-16)23-10-4-5-14(12-23)18(24)20-15-6-2-3-7-15/h8-9,11,14-15H,2-7,10,12H2,1H3,(H,20,24)(H,21,22). The fraction of sp³-hybridized carbons (Fsp3) is 0.579. The molecule has 5 nitrogen and oxygen atoms in total. The molecule has 128 valence electrons. The Balaban J connectivity index is 1.46. The first-order valence-electron chi connectivity index (χ1n) is 9.21. The Morgan fingerprint density at radius 1 is 1.25 bits per heavy atom. The summed E-state index contributed by atoms with van der Waals surface area (Å²) >= 11 is 0. The Hall–Kier alpha value is -2.04. The third-order valence-electron chi connectivity index (χ3n) is 5.42. The molecule has 1 aliphatic carbocycles. The smallest absolute Gasteiger partial charge is 0.225 e. The van der Waals surface area contributed by atoms with E-state index < -0.39 is 0 Å². The first-order chi connectivity index (χ1) is 11.7. The maximum atomic E-state index is 12.6. The number of rotatable bonds is 3. The van der Waals surface area contributed by atoms with Gasteiger partial charge in [-0.25, -0.2) is 4.98 Å². The van der Waals surface area contributed by atoms with Crippen molar-refractivity contribution in [2.45, 2.75) is 51.5 Å². The van der Waals surface area contributed by atoms with Crippen LogP contribution in [0.25, 0.3) is 11.0 Å². The number of imidazole rings is 1. The lowest BCUT2D eigenvalue weighted by Gasteiger charge is -2.32. The fourth-order valence-electron chi connectivity index (χ4n) is 4.03. The lowest BCUT2D eigenvalue weighted by atomic mass is 9.97. The van der Waals surface area contributed by atoms with Crippen LogP contribution in [0.15, 0.2) is 18.2 Å². The summed E-state index contributed by atoms with van der Waals surface area (Å²) in [7, 11) is 0. The summed E-state index contributed by atoms with van der Waals surface area (Å²) < 4.78 is 0. The van der Waals surface area contributed by atoms with Gasteiger partial charge >= 0.3 is 0 Å². The van der Waals surface area contributed by atoms with Crippen LogP contribution in [-0.4, -0.2) is 35.0 Å². The third kappa shape index (κ3) is 3.12. The number of nitrogens with zero attached hydrogens (tertiary/aromatic N) is 2. The summed E-state index contributed by atoms with van der Waals surface area (Å²) in [5.74, 6) is 1.21. The zero-order valence-electron chi connectivity index (χ0n) is 14.3. The Labute approximate surface area is 142 Å². The molecule has 1 saturated heterocycles. The lowest BCUT2D eigenvalue weighted by molar-refractivity contribution is -0.125. The van der Waals surface area contributed by atoms with Crippen LogP contribution in [0, 0.1) is 12.8 Å². The minimum atomic E-state index is 0.0781. The average molecular weight is 326 g/mol. The number of aryl methyl sites for hydroxylation is 1. The molecule has 1 aromatic heterocycles. The molecule has 2 fully saturated rings. The van der Waals surface area contributed by atoms with Gasteiger partial charge in [-0.05, 0) is 50.3 Å². The summed E-state index contributed by atoms with van der Waals surface area (Å²) in [6.45, 7) is 3.81. The number of nitrogens with one attached hydrogen (secondary N) is 2. The molecule has 1 aromatic carbocycles. The zero-order valence-corrected chi connectivity index (χ0v) is 14.3. The highest BCUT2D eigenvalue weighted by Gasteiger charge is 2.29. The number of H-pyrrole nitrogens is 1. The van der Waals surface area contributed by atoms with Crippen molar-refractivity contribution in [2.24, 2.45) is 5.92 Å². The highest BCUT2D eigenvalue weighted by molar-refractivity contribution is 5.81. The number of carbonyl (C=O) groups is 1. The van der Waals surface area contributed by atoms with Crippen molar-refractivity contribution >= 4 is 22.9 Å². The highest BCUT2D eigenvalue weighted by Crippen LogP contribution is 2.25. The first kappa shape index (κ1) is 15.5. The van der Waals surface area contributed by atoms with E-state index in [1.165, 1.54) is 18.4 Å². The molecule has 2 aliphatic rings. The third-order valence-corrected chi connectivity index (χ3v) is 5.42. The van der Waals surface area contributed by atoms with Crippen molar-refractivity contribution in [3.63, 3.8) is 0 Å². The molecule has 2 N–H and O–H groups in total. The van der Waals surface area contributed by atoms with Gasteiger partial charge in [-0.1, -0.05) is 18.9 Å². The Morgan fingerprint density at radius 3 is 2.92 bits per heavy atom. The van der Waals surface area contributed by atoms with E-state index in [4.69, 9.17) is 4.98 Å². The van der Waals surface area contributed by atoms with Gasteiger partial charge in [0.05, 0.1) is 17.0 Å². The molecule has 4 rings (SSSR count). The highest BCUT2D eigenvalue weighted by atomic mass is 16.2. The maximum absolute atomic E-state index is 12.6. The van der Waals surface area contributed by atoms with Crippen LogP contribution < -0.4 is 10.2 Å². The molecular formula is C19H26N4O. The molecule has 0 radical (unpaired) electrons. The Morgan fingerprint density at radius 2 is 2.08 bits per heavy atom. The average Bonchev–Trinajstić information content (AvgIpc) is 3.24. The number of hydrogen-bond donors (Lipinski definition) is 2. The number of anilines is 1. The van der Waals surface area contributed by atoms with Crippen LogP contribution >= 0.6 is 0 Å². The van der Waals surface area contributed by atoms with Gasteiger partial charge in [-0.15, -0.1) is 0 Å². The molecular weight excluding hydrogens is 300 g/mol. The van der Waals surface area contributed by atoms with E-state index in [1.54, 1.807) is 0 Å². The Bertz CT molecular complexity index is 732. The minimum absolute atomic E-state index is 0.0781. The SMILES string of the molecule is Cc1ccc2nc(N3CCCC(C(=O)NC4CCCC4)C3)[nH]c2c1. The number of aromatic nitrogens is 2. The molecule has 24 heavy (non-hydrogen) atoms. The molecule has 1 atom stereocenters. The predicted molar refractivity (Wildman–Crippen MR) is 96.2 cm³/mol. The predicted octanol–water partition coefficient (Wildman–Crippen LogP) is 3.15. The van der Waals surface area contributed by atoms with Gasteiger partial charge in [0.1, 0.15) is 0 Å². The zero-order chi connectivity index (χ0) is 16.5. The van der Waals surface area contributed by atoms with Crippen LogP contribution in [-0.2, 0) is 4.79 Å². The van der Waals surface area contributed by atoms with Crippen molar-refractivity contribution in [3.05, 3.63) is 23.8 Å². The van der Waals surface area contributed by atoms with Crippen molar-refractivity contribution in [1.82, 2.24) is 15.3 Å². The van der Waals surface area contributed by atoms with Gasteiger partial charge in [0.25, 0.3) is 0 Å². The molecule has 0 spiro atoms. The topological polar surface area (TPSA) is 61.0 Å². The van der Waals surface area contributed by atoms with Gasteiger partial charge in [-0.2, -0.15) is 0 Å². The quantitative estimate of drug-likeness (QED) is 0.911. The summed E-state index contributed by atoms with van der Waals surface area (Å²) in [6, 6.07) is 6.67. The van der Waals surface area contributed by atoms with Gasteiger partial charge in [0, 0.05) is 19.1 Å². The van der Waals surface area contributed by atoms with Gasteiger partial charge in [-0.3, -0.25) is 4.79 Å². The summed E-state index contributed by atoms with van der Waals surface area (Å²) in [4.78, 5) is 22.9. The molecule has 2 aromatic rings. The molecule has 2 heterocycles. The first-order valence-corrected chi connectivity index (χ1v) is 9.21. The molecule has 1 aliphatic heterocycles. The van der Waals surface area contributed by atoms with Crippen LogP contribution in [0.4, 0.5) is 5.95 Å².